The molecular weight excluding hydrogens is 528 g/mol. The van der Waals surface area contributed by atoms with E-state index in [0.717, 1.165) is 0 Å². The van der Waals surface area contributed by atoms with Crippen LogP contribution in [0.3, 0.4) is 0 Å². The number of nitrogens with one attached hydrogen (secondary N) is 2. The van der Waals surface area contributed by atoms with Crippen LogP contribution in [0.5, 0.6) is 0 Å². The van der Waals surface area contributed by atoms with Crippen molar-refractivity contribution in [1.82, 2.24) is 10.7 Å². The smallest absolute Gasteiger partial charge is 0.270 e. The highest BCUT2D eigenvalue weighted by molar-refractivity contribution is 9.10. The molecule has 0 saturated carbocycles. The minimum Gasteiger partial charge on any atom is -0.455 e. The number of furan rings is 1. The number of non-ortho nitro benzene ring substituents is 1. The molecule has 0 aliphatic carbocycles. The van der Waals surface area contributed by atoms with Gasteiger partial charge in [-0.15, -0.1) is 0 Å². The van der Waals surface area contributed by atoms with E-state index in [9.17, 15) is 19.7 Å². The first kappa shape index (κ1) is 25.1. The van der Waals surface area contributed by atoms with Gasteiger partial charge in [-0.2, -0.15) is 5.10 Å². The van der Waals surface area contributed by atoms with Crippen molar-refractivity contribution >= 4 is 51.2 Å². The average Bonchev–Trinajstić information content (AvgIpc) is 3.25. The lowest BCUT2D eigenvalue weighted by atomic mass is 10.0. The highest BCUT2D eigenvalue weighted by atomic mass is 79.9. The molecule has 0 saturated heterocycles. The number of halogens is 2. The molecular formula is C23H20BrClN4O5. The quantitative estimate of drug-likeness (QED) is 0.228. The summed E-state index contributed by atoms with van der Waals surface area (Å²) in [6.45, 7) is 3.61. The number of nitro groups is 1. The molecule has 9 nitrogen and oxygen atoms in total. The topological polar surface area (TPSA) is 127 Å². The molecule has 0 radical (unpaired) electrons. The SMILES string of the molecule is CC(C)C(NC(=O)c1ccc(Cl)cc1)C(=O)N/N=C/c1ccc(-c2ccc([N+](=O)[O-])cc2Br)o1. The molecule has 2 aromatic carbocycles. The van der Waals surface area contributed by atoms with E-state index in [-0.39, 0.29) is 11.6 Å². The Morgan fingerprint density at radius 1 is 1.15 bits per heavy atom. The lowest BCUT2D eigenvalue weighted by molar-refractivity contribution is -0.384. The molecule has 2 N–H and O–H groups in total. The van der Waals surface area contributed by atoms with Crippen LogP contribution in [0, 0.1) is 16.0 Å². The van der Waals surface area contributed by atoms with Gasteiger partial charge in [-0.1, -0.05) is 25.4 Å². The van der Waals surface area contributed by atoms with Crippen molar-refractivity contribution in [2.24, 2.45) is 11.0 Å². The summed E-state index contributed by atoms with van der Waals surface area (Å²) in [5, 5.41) is 18.0. The van der Waals surface area contributed by atoms with Crippen molar-refractivity contribution in [2.45, 2.75) is 19.9 Å². The average molecular weight is 548 g/mol. The van der Waals surface area contributed by atoms with Crippen LogP contribution in [-0.2, 0) is 4.79 Å². The molecule has 34 heavy (non-hydrogen) atoms. The molecule has 2 amide bonds. The second-order valence-electron chi connectivity index (χ2n) is 7.56. The van der Waals surface area contributed by atoms with Crippen molar-refractivity contribution in [3.63, 3.8) is 0 Å². The van der Waals surface area contributed by atoms with E-state index in [1.807, 2.05) is 0 Å². The Bertz CT molecular complexity index is 1240. The molecule has 0 aliphatic rings. The predicted octanol–water partition coefficient (Wildman–Crippen LogP) is 5.18. The monoisotopic (exact) mass is 546 g/mol. The van der Waals surface area contributed by atoms with Crippen molar-refractivity contribution < 1.29 is 18.9 Å². The molecule has 3 rings (SSSR count). The minimum absolute atomic E-state index is 0.0467. The Balaban J connectivity index is 1.64. The van der Waals surface area contributed by atoms with Crippen LogP contribution < -0.4 is 10.7 Å². The fourth-order valence-electron chi connectivity index (χ4n) is 2.97. The number of benzene rings is 2. The van der Waals surface area contributed by atoms with E-state index in [1.165, 1.54) is 18.3 Å². The Hall–Kier alpha value is -3.50. The van der Waals surface area contributed by atoms with Crippen molar-refractivity contribution in [1.29, 1.82) is 0 Å². The Morgan fingerprint density at radius 2 is 1.85 bits per heavy atom. The van der Waals surface area contributed by atoms with Gasteiger partial charge in [0.15, 0.2) is 0 Å². The van der Waals surface area contributed by atoms with Crippen molar-refractivity contribution in [2.75, 3.05) is 0 Å². The van der Waals surface area contributed by atoms with E-state index in [1.54, 1.807) is 56.3 Å². The second kappa shape index (κ2) is 11.1. The molecule has 0 spiro atoms. The molecule has 0 fully saturated rings. The van der Waals surface area contributed by atoms with Crippen LogP contribution in [0.15, 0.2) is 68.6 Å². The predicted molar refractivity (Wildman–Crippen MR) is 132 cm³/mol. The third kappa shape index (κ3) is 6.30. The molecule has 1 heterocycles. The van der Waals surface area contributed by atoms with Crippen LogP contribution >= 0.6 is 27.5 Å². The van der Waals surface area contributed by atoms with Gasteiger partial charge in [-0.05, 0) is 64.3 Å². The summed E-state index contributed by atoms with van der Waals surface area (Å²) < 4.78 is 6.20. The number of carbonyl (C=O) groups excluding carboxylic acids is 2. The number of rotatable bonds is 8. The molecule has 1 unspecified atom stereocenters. The van der Waals surface area contributed by atoms with E-state index in [0.29, 0.717) is 32.1 Å². The van der Waals surface area contributed by atoms with E-state index in [4.69, 9.17) is 16.0 Å². The number of hydrazone groups is 1. The summed E-state index contributed by atoms with van der Waals surface area (Å²) in [7, 11) is 0. The second-order valence-corrected chi connectivity index (χ2v) is 8.85. The molecule has 0 bridgehead atoms. The number of hydrogen-bond acceptors (Lipinski definition) is 6. The van der Waals surface area contributed by atoms with E-state index < -0.39 is 22.8 Å². The third-order valence-electron chi connectivity index (χ3n) is 4.76. The Kier molecular flexibility index (Phi) is 8.19. The lowest BCUT2D eigenvalue weighted by Crippen LogP contribution is -2.48. The molecule has 11 heteroatoms. The molecule has 1 aromatic heterocycles. The Labute approximate surface area is 208 Å². The molecule has 176 valence electrons. The summed E-state index contributed by atoms with van der Waals surface area (Å²) in [5.41, 5.74) is 3.37. The fourth-order valence-corrected chi connectivity index (χ4v) is 3.66. The lowest BCUT2D eigenvalue weighted by Gasteiger charge is -2.20. The van der Waals surface area contributed by atoms with Gasteiger partial charge < -0.3 is 9.73 Å². The summed E-state index contributed by atoms with van der Waals surface area (Å²) in [6.07, 6.45) is 1.32. The van der Waals surface area contributed by atoms with Gasteiger partial charge in [-0.25, -0.2) is 5.43 Å². The maximum absolute atomic E-state index is 12.6. The van der Waals surface area contributed by atoms with Gasteiger partial charge in [0.05, 0.1) is 11.1 Å². The highest BCUT2D eigenvalue weighted by Crippen LogP contribution is 2.32. The van der Waals surface area contributed by atoms with Crippen LogP contribution in [0.2, 0.25) is 5.02 Å². The van der Waals surface area contributed by atoms with Gasteiger partial charge in [0.1, 0.15) is 17.6 Å². The fraction of sp³-hybridized carbons (Fsp3) is 0.174. The minimum atomic E-state index is -0.816. The number of amides is 2. The number of hydrogen-bond donors (Lipinski definition) is 2. The highest BCUT2D eigenvalue weighted by Gasteiger charge is 2.24. The zero-order valence-electron chi connectivity index (χ0n) is 18.1. The molecule has 0 aliphatic heterocycles. The van der Waals surface area contributed by atoms with Crippen LogP contribution in [0.4, 0.5) is 5.69 Å². The molecule has 1 atom stereocenters. The zero-order valence-corrected chi connectivity index (χ0v) is 20.5. The number of carbonyl (C=O) groups is 2. The van der Waals surface area contributed by atoms with Crippen LogP contribution in [0.25, 0.3) is 11.3 Å². The zero-order chi connectivity index (χ0) is 24.8. The van der Waals surface area contributed by atoms with Crippen molar-refractivity contribution in [3.8, 4) is 11.3 Å². The summed E-state index contributed by atoms with van der Waals surface area (Å²) in [5.74, 6) is -0.268. The van der Waals surface area contributed by atoms with Gasteiger partial charge in [0, 0.05) is 32.8 Å². The van der Waals surface area contributed by atoms with Crippen LogP contribution in [0.1, 0.15) is 30.0 Å². The first-order valence-corrected chi connectivity index (χ1v) is 11.3. The first-order valence-electron chi connectivity index (χ1n) is 10.1. The summed E-state index contributed by atoms with van der Waals surface area (Å²) >= 11 is 9.15. The maximum Gasteiger partial charge on any atom is 0.270 e. The van der Waals surface area contributed by atoms with Crippen molar-refractivity contribution in [3.05, 3.63) is 85.5 Å². The molecule has 3 aromatic rings. The van der Waals surface area contributed by atoms with Gasteiger partial charge >= 0.3 is 0 Å². The van der Waals surface area contributed by atoms with Gasteiger partial charge in [-0.3, -0.25) is 19.7 Å². The largest absolute Gasteiger partial charge is 0.455 e. The van der Waals surface area contributed by atoms with Crippen LogP contribution in [-0.4, -0.2) is 29.0 Å². The first-order chi connectivity index (χ1) is 16.2. The Morgan fingerprint density at radius 3 is 2.47 bits per heavy atom. The van der Waals surface area contributed by atoms with Gasteiger partial charge in [0.2, 0.25) is 0 Å². The third-order valence-corrected chi connectivity index (χ3v) is 5.67. The number of nitro benzene ring substituents is 1. The standard InChI is InChI=1S/C23H20BrClN4O5/c1-13(2)21(27-22(30)14-3-5-15(25)6-4-14)23(31)28-26-12-17-8-10-20(34-17)18-9-7-16(29(32)33)11-19(18)24/h3-13,21H,1-2H3,(H,27,30)(H,28,31)/b26-12+. The number of nitrogens with zero attached hydrogens (tertiary/aromatic N) is 2. The summed E-state index contributed by atoms with van der Waals surface area (Å²) in [6, 6.07) is 13.2. The van der Waals surface area contributed by atoms with E-state index >= 15 is 0 Å². The normalized spacial score (nSPS) is 12.0. The van der Waals surface area contributed by atoms with E-state index in [2.05, 4.69) is 31.8 Å². The van der Waals surface area contributed by atoms with Gasteiger partial charge in [0.25, 0.3) is 17.5 Å². The maximum atomic E-state index is 12.6. The summed E-state index contributed by atoms with van der Waals surface area (Å²) in [4.78, 5) is 35.5.